The molecule has 0 saturated carbocycles. The summed E-state index contributed by atoms with van der Waals surface area (Å²) in [6.45, 7) is 7.25. The molecule has 0 amide bonds. The number of fused-ring (bicyclic) bond motifs is 1. The minimum absolute atomic E-state index is 0.244. The zero-order valence-corrected chi connectivity index (χ0v) is 18.2. The van der Waals surface area contributed by atoms with E-state index in [4.69, 9.17) is 13.9 Å². The summed E-state index contributed by atoms with van der Waals surface area (Å²) in [4.78, 5) is 26.6. The van der Waals surface area contributed by atoms with Crippen LogP contribution in [0.15, 0.2) is 51.7 Å². The van der Waals surface area contributed by atoms with Gasteiger partial charge in [-0.05, 0) is 49.0 Å². The summed E-state index contributed by atoms with van der Waals surface area (Å²) in [7, 11) is 1.60. The largest absolute Gasteiger partial charge is 0.497 e. The van der Waals surface area contributed by atoms with Gasteiger partial charge in [-0.15, -0.1) is 0 Å². The lowest BCUT2D eigenvalue weighted by atomic mass is 10.1. The van der Waals surface area contributed by atoms with E-state index in [0.717, 1.165) is 42.3 Å². The van der Waals surface area contributed by atoms with Gasteiger partial charge in [-0.1, -0.05) is 43.4 Å². The van der Waals surface area contributed by atoms with E-state index in [1.165, 1.54) is 6.08 Å². The van der Waals surface area contributed by atoms with Gasteiger partial charge >= 0.3 is 4.94 Å². The number of carbonyl (C=O) groups is 1. The van der Waals surface area contributed by atoms with E-state index < -0.39 is 4.94 Å². The molecule has 0 N–H and O–H groups in total. The van der Waals surface area contributed by atoms with Crippen LogP contribution in [0.1, 0.15) is 29.8 Å². The van der Waals surface area contributed by atoms with Crippen molar-refractivity contribution >= 4 is 33.5 Å². The molecule has 0 aliphatic rings. The smallest absolute Gasteiger partial charge is 0.396 e. The van der Waals surface area contributed by atoms with Gasteiger partial charge in [0.2, 0.25) is 0 Å². The number of ketones is 1. The van der Waals surface area contributed by atoms with Crippen LogP contribution in [0.4, 0.5) is 0 Å². The summed E-state index contributed by atoms with van der Waals surface area (Å²) in [5.74, 6) is 0.956. The van der Waals surface area contributed by atoms with Gasteiger partial charge < -0.3 is 18.8 Å². The van der Waals surface area contributed by atoms with E-state index in [9.17, 15) is 9.59 Å². The zero-order chi connectivity index (χ0) is 21.5. The molecule has 0 aliphatic heterocycles. The van der Waals surface area contributed by atoms with Gasteiger partial charge in [0.1, 0.15) is 18.1 Å². The first-order valence-electron chi connectivity index (χ1n) is 9.84. The van der Waals surface area contributed by atoms with Gasteiger partial charge in [0.25, 0.3) is 0 Å². The summed E-state index contributed by atoms with van der Waals surface area (Å²) in [6, 6.07) is 10.7. The molecule has 158 valence electrons. The van der Waals surface area contributed by atoms with E-state index in [-0.39, 0.29) is 5.78 Å². The second-order valence-electron chi connectivity index (χ2n) is 6.57. The number of hydrogen-bond donors (Lipinski definition) is 0. The Kier molecular flexibility index (Phi) is 7.43. The van der Waals surface area contributed by atoms with Gasteiger partial charge in [0, 0.05) is 6.54 Å². The fourth-order valence-corrected chi connectivity index (χ4v) is 3.88. The Morgan fingerprint density at radius 1 is 1.13 bits per heavy atom. The average Bonchev–Trinajstić information content (AvgIpc) is 3.15. The topological polar surface area (TPSA) is 69.0 Å². The highest BCUT2D eigenvalue weighted by atomic mass is 32.1. The SMILES string of the molecule is CCN(CC)CCOc1ccc2oc(=O)sc2c1C(=O)/C=C/c1ccc(OC)cc1. The van der Waals surface area contributed by atoms with Crippen LogP contribution in [-0.4, -0.2) is 44.0 Å². The Bertz CT molecular complexity index is 1080. The molecule has 1 heterocycles. The van der Waals surface area contributed by atoms with Crippen LogP contribution < -0.4 is 14.4 Å². The van der Waals surface area contributed by atoms with Crippen LogP contribution in [0.3, 0.4) is 0 Å². The van der Waals surface area contributed by atoms with E-state index in [1.54, 1.807) is 25.3 Å². The Hall–Kier alpha value is -2.90. The first kappa shape index (κ1) is 21.8. The quantitative estimate of drug-likeness (QED) is 0.351. The van der Waals surface area contributed by atoms with Crippen molar-refractivity contribution in [2.45, 2.75) is 13.8 Å². The van der Waals surface area contributed by atoms with Crippen molar-refractivity contribution in [3.8, 4) is 11.5 Å². The Morgan fingerprint density at radius 3 is 2.53 bits per heavy atom. The fraction of sp³-hybridized carbons (Fsp3) is 0.304. The first-order valence-corrected chi connectivity index (χ1v) is 10.7. The van der Waals surface area contributed by atoms with Gasteiger partial charge in [0.05, 0.1) is 17.4 Å². The summed E-state index contributed by atoms with van der Waals surface area (Å²) >= 11 is 0.913. The van der Waals surface area contributed by atoms with Crippen molar-refractivity contribution < 1.29 is 18.7 Å². The molecular weight excluding hydrogens is 402 g/mol. The predicted molar refractivity (Wildman–Crippen MR) is 120 cm³/mol. The lowest BCUT2D eigenvalue weighted by molar-refractivity contribution is 0.104. The Balaban J connectivity index is 1.87. The number of benzene rings is 2. The molecule has 0 saturated heterocycles. The van der Waals surface area contributed by atoms with Crippen LogP contribution in [0.2, 0.25) is 0 Å². The highest BCUT2D eigenvalue weighted by Gasteiger charge is 2.19. The van der Waals surface area contributed by atoms with Crippen molar-refractivity contribution in [2.24, 2.45) is 0 Å². The van der Waals surface area contributed by atoms with Gasteiger partial charge in [-0.25, -0.2) is 4.79 Å². The Labute approximate surface area is 179 Å². The van der Waals surface area contributed by atoms with Crippen LogP contribution >= 0.6 is 11.3 Å². The molecule has 1 aromatic heterocycles. The normalized spacial score (nSPS) is 11.5. The van der Waals surface area contributed by atoms with Crippen molar-refractivity contribution in [2.75, 3.05) is 33.4 Å². The highest BCUT2D eigenvalue weighted by Crippen LogP contribution is 2.31. The molecule has 0 aliphatic carbocycles. The minimum Gasteiger partial charge on any atom is -0.497 e. The van der Waals surface area contributed by atoms with Crippen molar-refractivity contribution in [3.05, 3.63) is 63.3 Å². The van der Waals surface area contributed by atoms with Crippen molar-refractivity contribution in [1.82, 2.24) is 4.90 Å². The van der Waals surface area contributed by atoms with Crippen LogP contribution in [-0.2, 0) is 0 Å². The molecule has 0 unspecified atom stereocenters. The maximum Gasteiger partial charge on any atom is 0.396 e. The molecule has 0 bridgehead atoms. The van der Waals surface area contributed by atoms with E-state index >= 15 is 0 Å². The summed E-state index contributed by atoms with van der Waals surface area (Å²) in [6.07, 6.45) is 3.21. The summed E-state index contributed by atoms with van der Waals surface area (Å²) in [5.41, 5.74) is 1.61. The molecule has 3 rings (SSSR count). The van der Waals surface area contributed by atoms with Gasteiger partial charge in [-0.2, -0.15) is 0 Å². The van der Waals surface area contributed by atoms with Crippen LogP contribution in [0.25, 0.3) is 16.4 Å². The molecule has 2 aromatic carbocycles. The number of rotatable bonds is 10. The molecule has 6 nitrogen and oxygen atoms in total. The molecule has 0 radical (unpaired) electrons. The number of likely N-dealkylation sites (N-methyl/N-ethyl adjacent to an activating group) is 1. The lowest BCUT2D eigenvalue weighted by Crippen LogP contribution is -2.28. The minimum atomic E-state index is -0.446. The molecule has 30 heavy (non-hydrogen) atoms. The highest BCUT2D eigenvalue weighted by molar-refractivity contribution is 7.16. The third-order valence-electron chi connectivity index (χ3n) is 4.81. The average molecular weight is 428 g/mol. The van der Waals surface area contributed by atoms with E-state index in [2.05, 4.69) is 18.7 Å². The van der Waals surface area contributed by atoms with Crippen molar-refractivity contribution in [3.63, 3.8) is 0 Å². The van der Waals surface area contributed by atoms with E-state index in [1.807, 2.05) is 24.3 Å². The third kappa shape index (κ3) is 5.17. The summed E-state index contributed by atoms with van der Waals surface area (Å²) < 4.78 is 16.8. The first-order chi connectivity index (χ1) is 14.5. The number of methoxy groups -OCH3 is 1. The molecular formula is C23H25NO5S. The van der Waals surface area contributed by atoms with Crippen LogP contribution in [0, 0.1) is 0 Å². The monoisotopic (exact) mass is 427 g/mol. The third-order valence-corrected chi connectivity index (χ3v) is 5.67. The summed E-state index contributed by atoms with van der Waals surface area (Å²) in [5, 5.41) is 0. The number of ether oxygens (including phenoxy) is 2. The van der Waals surface area contributed by atoms with Gasteiger partial charge in [-0.3, -0.25) is 4.79 Å². The maximum absolute atomic E-state index is 13.1. The zero-order valence-electron chi connectivity index (χ0n) is 17.3. The molecule has 0 fully saturated rings. The number of carbonyl (C=O) groups excluding carboxylic acids is 1. The number of nitrogens with zero attached hydrogens (tertiary/aromatic N) is 1. The van der Waals surface area contributed by atoms with Crippen molar-refractivity contribution in [1.29, 1.82) is 0 Å². The van der Waals surface area contributed by atoms with Crippen LogP contribution in [0.5, 0.6) is 11.5 Å². The fourth-order valence-electron chi connectivity index (χ4n) is 3.07. The van der Waals surface area contributed by atoms with E-state index in [0.29, 0.717) is 28.2 Å². The Morgan fingerprint density at radius 2 is 1.87 bits per heavy atom. The molecule has 0 atom stereocenters. The number of allylic oxidation sites excluding steroid dienone is 1. The maximum atomic E-state index is 13.1. The second-order valence-corrected chi connectivity index (χ2v) is 7.51. The van der Waals surface area contributed by atoms with Gasteiger partial charge in [0.15, 0.2) is 11.4 Å². The predicted octanol–water partition coefficient (Wildman–Crippen LogP) is 4.48. The lowest BCUT2D eigenvalue weighted by Gasteiger charge is -2.18. The molecule has 3 aromatic rings. The molecule has 0 spiro atoms. The number of hydrogen-bond acceptors (Lipinski definition) is 7. The molecule has 7 heteroatoms. The second kappa shape index (κ2) is 10.2. The standard InChI is InChI=1S/C23H25NO5S/c1-4-24(5-2)14-15-28-19-12-13-20-22(30-23(26)29-20)21(19)18(25)11-8-16-6-9-17(27-3)10-7-16/h6-13H,4-5,14-15H2,1-3H3/b11-8+.